The van der Waals surface area contributed by atoms with Crippen LogP contribution in [0.3, 0.4) is 0 Å². The summed E-state index contributed by atoms with van der Waals surface area (Å²) >= 11 is 0. The first-order valence-corrected chi connectivity index (χ1v) is 3.23. The molecule has 11 heavy (non-hydrogen) atoms. The van der Waals surface area contributed by atoms with E-state index in [0.717, 1.165) is 0 Å². The molecule has 0 amide bonds. The van der Waals surface area contributed by atoms with Crippen molar-refractivity contribution in [1.29, 1.82) is 0 Å². The average molecular weight is 140 g/mol. The van der Waals surface area contributed by atoms with E-state index in [4.69, 9.17) is 6.42 Å². The van der Waals surface area contributed by atoms with Gasteiger partial charge in [-0.3, -0.25) is 0 Å². The molecular weight excluding hydrogens is 132 g/mol. The van der Waals surface area contributed by atoms with Gasteiger partial charge in [0.2, 0.25) is 0 Å². The van der Waals surface area contributed by atoms with Gasteiger partial charge in [-0.15, -0.1) is 6.42 Å². The third kappa shape index (κ3) is 8.24. The molecule has 0 heterocycles. The minimum atomic E-state index is 0.352. The van der Waals surface area contributed by atoms with E-state index in [1.54, 1.807) is 0 Å². The first-order valence-electron chi connectivity index (χ1n) is 3.23. The summed E-state index contributed by atoms with van der Waals surface area (Å²) in [5, 5.41) is 0. The Kier molecular flexibility index (Phi) is 5.34. The Hall–Kier alpha value is -1.76. The lowest BCUT2D eigenvalue weighted by Crippen LogP contribution is -1.75. The van der Waals surface area contributed by atoms with Crippen LogP contribution in [0.1, 0.15) is 13.8 Å². The summed E-state index contributed by atoms with van der Waals surface area (Å²) in [7, 11) is 0. The molecule has 0 rings (SSSR count). The molecule has 0 aliphatic rings. The third-order valence-electron chi connectivity index (χ3n) is 0.683. The van der Waals surface area contributed by atoms with Crippen molar-refractivity contribution in [3.8, 4) is 47.9 Å². The maximum atomic E-state index is 4.86. The van der Waals surface area contributed by atoms with Crippen LogP contribution in [0.25, 0.3) is 0 Å². The lowest BCUT2D eigenvalue weighted by molar-refractivity contribution is 0.867. The fourth-order valence-corrected chi connectivity index (χ4v) is 0.310. The molecule has 0 radical (unpaired) electrons. The Morgan fingerprint density at radius 3 is 2.00 bits per heavy atom. The summed E-state index contributed by atoms with van der Waals surface area (Å²) in [6.07, 6.45) is 4.86. The minimum absolute atomic E-state index is 0.352. The largest absolute Gasteiger partial charge is 0.106 e. The molecule has 0 fully saturated rings. The number of hydrogen-bond donors (Lipinski definition) is 0. The number of rotatable bonds is 0. The van der Waals surface area contributed by atoms with Crippen LogP contribution in [-0.2, 0) is 0 Å². The van der Waals surface area contributed by atoms with Crippen LogP contribution in [0, 0.1) is 53.8 Å². The zero-order valence-electron chi connectivity index (χ0n) is 6.65. The minimum Gasteiger partial charge on any atom is -0.106 e. The monoisotopic (exact) mass is 140 g/mol. The molecule has 0 nitrogen and oxygen atoms in total. The van der Waals surface area contributed by atoms with Crippen molar-refractivity contribution in [2.75, 3.05) is 0 Å². The van der Waals surface area contributed by atoms with Gasteiger partial charge in [0.05, 0.1) is 0 Å². The normalized spacial score (nSPS) is 5.64. The summed E-state index contributed by atoms with van der Waals surface area (Å²) in [5.74, 6) is 18.0. The first-order chi connectivity index (χ1) is 5.27. The predicted molar refractivity (Wildman–Crippen MR) is 47.0 cm³/mol. The molecule has 0 aromatic carbocycles. The smallest absolute Gasteiger partial charge is 0.0156 e. The van der Waals surface area contributed by atoms with Crippen molar-refractivity contribution in [1.82, 2.24) is 0 Å². The first kappa shape index (κ1) is 9.24. The average Bonchev–Trinajstić information content (AvgIpc) is 1.96. The molecule has 0 aromatic heterocycles. The van der Waals surface area contributed by atoms with Crippen LogP contribution in [0.2, 0.25) is 0 Å². The van der Waals surface area contributed by atoms with Crippen molar-refractivity contribution in [3.63, 3.8) is 0 Å². The highest BCUT2D eigenvalue weighted by Gasteiger charge is 1.77. The number of hydrogen-bond acceptors (Lipinski definition) is 0. The predicted octanol–water partition coefficient (Wildman–Crippen LogP) is 1.29. The maximum Gasteiger partial charge on any atom is 0.0156 e. The second-order valence-corrected chi connectivity index (χ2v) is 2.07. The Labute approximate surface area is 68.4 Å². The molecule has 0 spiro atoms. The van der Waals surface area contributed by atoms with Gasteiger partial charge >= 0.3 is 0 Å². The maximum absolute atomic E-state index is 4.86. The van der Waals surface area contributed by atoms with Crippen LogP contribution in [0.15, 0.2) is 0 Å². The Morgan fingerprint density at radius 1 is 0.909 bits per heavy atom. The number of terminal acetylenes is 1. The molecule has 0 atom stereocenters. The summed E-state index contributed by atoms with van der Waals surface area (Å²) in [5.41, 5.74) is 0. The topological polar surface area (TPSA) is 0 Å². The van der Waals surface area contributed by atoms with E-state index in [2.05, 4.69) is 41.4 Å². The van der Waals surface area contributed by atoms with Gasteiger partial charge in [0.25, 0.3) is 0 Å². The lowest BCUT2D eigenvalue weighted by atomic mass is 10.2. The second-order valence-electron chi connectivity index (χ2n) is 2.07. The van der Waals surface area contributed by atoms with Crippen LogP contribution >= 0.6 is 0 Å². The van der Waals surface area contributed by atoms with E-state index in [-0.39, 0.29) is 0 Å². The van der Waals surface area contributed by atoms with Crippen molar-refractivity contribution in [2.24, 2.45) is 5.92 Å². The van der Waals surface area contributed by atoms with Crippen molar-refractivity contribution < 1.29 is 0 Å². The van der Waals surface area contributed by atoms with Crippen LogP contribution < -0.4 is 0 Å². The Morgan fingerprint density at radius 2 is 1.45 bits per heavy atom. The SMILES string of the molecule is C#CC#CC#CC#CC(C)C. The standard InChI is InChI=1S/C11H8/c1-4-5-6-7-8-9-10-11(2)3/h1,11H,2-3H3. The van der Waals surface area contributed by atoms with Gasteiger partial charge in [-0.1, -0.05) is 19.8 Å². The van der Waals surface area contributed by atoms with Crippen molar-refractivity contribution in [3.05, 3.63) is 0 Å². The van der Waals surface area contributed by atoms with E-state index in [1.807, 2.05) is 13.8 Å². The van der Waals surface area contributed by atoms with Gasteiger partial charge in [-0.2, -0.15) is 0 Å². The zero-order valence-corrected chi connectivity index (χ0v) is 6.65. The van der Waals surface area contributed by atoms with Crippen molar-refractivity contribution >= 4 is 0 Å². The van der Waals surface area contributed by atoms with E-state index in [1.165, 1.54) is 0 Å². The molecule has 0 aromatic rings. The molecule has 0 saturated heterocycles. The van der Waals surface area contributed by atoms with Gasteiger partial charge in [-0.25, -0.2) is 0 Å². The summed E-state index contributed by atoms with van der Waals surface area (Å²) in [6, 6.07) is 0. The van der Waals surface area contributed by atoms with Gasteiger partial charge in [0.15, 0.2) is 0 Å². The van der Waals surface area contributed by atoms with Crippen LogP contribution in [0.4, 0.5) is 0 Å². The Balaban J connectivity index is 3.97. The quantitative estimate of drug-likeness (QED) is 0.445. The van der Waals surface area contributed by atoms with Crippen LogP contribution in [0.5, 0.6) is 0 Å². The molecule has 52 valence electrons. The highest BCUT2D eigenvalue weighted by atomic mass is 13.8. The molecule has 0 saturated carbocycles. The van der Waals surface area contributed by atoms with Gasteiger partial charge in [-0.05, 0) is 35.5 Å². The zero-order chi connectivity index (χ0) is 8.53. The molecule has 0 aliphatic carbocycles. The second kappa shape index (κ2) is 6.36. The van der Waals surface area contributed by atoms with Gasteiger partial charge < -0.3 is 0 Å². The van der Waals surface area contributed by atoms with E-state index < -0.39 is 0 Å². The molecule has 0 unspecified atom stereocenters. The highest BCUT2D eigenvalue weighted by molar-refractivity contribution is 5.39. The fourth-order valence-electron chi connectivity index (χ4n) is 0.310. The molecule has 0 aliphatic heterocycles. The fraction of sp³-hybridized carbons (Fsp3) is 0.273. The van der Waals surface area contributed by atoms with E-state index in [0.29, 0.717) is 5.92 Å². The van der Waals surface area contributed by atoms with Crippen molar-refractivity contribution in [2.45, 2.75) is 13.8 Å². The molecule has 0 bridgehead atoms. The molecular formula is C11H8. The summed E-state index contributed by atoms with van der Waals surface area (Å²) in [4.78, 5) is 0. The summed E-state index contributed by atoms with van der Waals surface area (Å²) in [6.45, 7) is 4.00. The lowest BCUT2D eigenvalue weighted by Gasteiger charge is -1.81. The highest BCUT2D eigenvalue weighted by Crippen LogP contribution is 1.83. The Bertz CT molecular complexity index is 318. The molecule has 0 heteroatoms. The molecule has 0 N–H and O–H groups in total. The third-order valence-corrected chi connectivity index (χ3v) is 0.683. The van der Waals surface area contributed by atoms with Gasteiger partial charge in [0, 0.05) is 5.92 Å². The summed E-state index contributed by atoms with van der Waals surface area (Å²) < 4.78 is 0. The van der Waals surface area contributed by atoms with Gasteiger partial charge in [0.1, 0.15) is 0 Å². The van der Waals surface area contributed by atoms with E-state index in [9.17, 15) is 0 Å². The van der Waals surface area contributed by atoms with E-state index >= 15 is 0 Å². The van der Waals surface area contributed by atoms with Crippen LogP contribution in [-0.4, -0.2) is 0 Å².